The highest BCUT2D eigenvalue weighted by atomic mass is 32.2. The quantitative estimate of drug-likeness (QED) is 0.379. The van der Waals surface area contributed by atoms with Crippen LogP contribution < -0.4 is 5.32 Å². The van der Waals surface area contributed by atoms with Gasteiger partial charge in [-0.1, -0.05) is 0 Å². The van der Waals surface area contributed by atoms with Crippen molar-refractivity contribution in [3.05, 3.63) is 69.8 Å². The van der Waals surface area contributed by atoms with Gasteiger partial charge in [-0.2, -0.15) is 0 Å². The van der Waals surface area contributed by atoms with Gasteiger partial charge in [-0.15, -0.1) is 23.1 Å². The maximum absolute atomic E-state index is 13.0. The summed E-state index contributed by atoms with van der Waals surface area (Å²) in [7, 11) is 0. The van der Waals surface area contributed by atoms with Crippen molar-refractivity contribution in [3.63, 3.8) is 0 Å². The third-order valence-corrected chi connectivity index (χ3v) is 5.08. The van der Waals surface area contributed by atoms with Gasteiger partial charge in [0.2, 0.25) is 5.91 Å². The summed E-state index contributed by atoms with van der Waals surface area (Å²) in [5.41, 5.74) is 1.44. The molecule has 6 nitrogen and oxygen atoms in total. The van der Waals surface area contributed by atoms with Gasteiger partial charge in [-0.25, -0.2) is 9.37 Å². The van der Waals surface area contributed by atoms with E-state index in [0.29, 0.717) is 10.8 Å². The van der Waals surface area contributed by atoms with E-state index in [1.807, 2.05) is 0 Å². The second-order valence-electron chi connectivity index (χ2n) is 5.13. The molecule has 0 bridgehead atoms. The van der Waals surface area contributed by atoms with Crippen molar-refractivity contribution >= 4 is 39.8 Å². The number of non-ortho nitro benzene ring substituents is 1. The highest BCUT2D eigenvalue weighted by molar-refractivity contribution is 8.00. The van der Waals surface area contributed by atoms with Crippen LogP contribution in [0.5, 0.6) is 0 Å². The molecule has 1 heterocycles. The Morgan fingerprint density at radius 3 is 2.54 bits per heavy atom. The van der Waals surface area contributed by atoms with Crippen LogP contribution in [0.25, 0.3) is 11.3 Å². The van der Waals surface area contributed by atoms with Crippen molar-refractivity contribution < 1.29 is 14.1 Å². The van der Waals surface area contributed by atoms with Gasteiger partial charge in [-0.3, -0.25) is 14.9 Å². The number of anilines is 1. The Morgan fingerprint density at radius 1 is 1.19 bits per heavy atom. The molecule has 2 aromatic carbocycles. The van der Waals surface area contributed by atoms with Crippen LogP contribution in [0.4, 0.5) is 15.2 Å². The molecule has 1 aromatic heterocycles. The fraction of sp³-hybridized carbons (Fsp3) is 0.0588. The lowest BCUT2D eigenvalue weighted by molar-refractivity contribution is -0.384. The lowest BCUT2D eigenvalue weighted by atomic mass is 10.2. The second-order valence-corrected chi connectivity index (χ2v) is 7.04. The van der Waals surface area contributed by atoms with Gasteiger partial charge in [0, 0.05) is 28.0 Å². The molecule has 0 saturated heterocycles. The molecule has 0 saturated carbocycles. The van der Waals surface area contributed by atoms with Crippen LogP contribution in [-0.4, -0.2) is 21.6 Å². The van der Waals surface area contributed by atoms with E-state index >= 15 is 0 Å². The molecule has 1 amide bonds. The third kappa shape index (κ3) is 4.64. The molecule has 0 aliphatic rings. The maximum Gasteiger partial charge on any atom is 0.269 e. The Kier molecular flexibility index (Phi) is 5.59. The monoisotopic (exact) mass is 389 g/mol. The summed E-state index contributed by atoms with van der Waals surface area (Å²) in [6.45, 7) is 0. The molecule has 0 spiro atoms. The van der Waals surface area contributed by atoms with Crippen LogP contribution in [0, 0.1) is 15.9 Å². The molecule has 1 N–H and O–H groups in total. The number of carbonyl (C=O) groups is 1. The van der Waals surface area contributed by atoms with Crippen LogP contribution in [-0.2, 0) is 4.79 Å². The number of hydrogen-bond donors (Lipinski definition) is 1. The first-order valence-corrected chi connectivity index (χ1v) is 9.26. The first-order valence-electron chi connectivity index (χ1n) is 7.40. The minimum absolute atomic E-state index is 0.00918. The predicted octanol–water partition coefficient (Wildman–Crippen LogP) is 4.59. The first-order chi connectivity index (χ1) is 12.5. The molecule has 9 heteroatoms. The maximum atomic E-state index is 13.0. The number of nitrogens with zero attached hydrogens (tertiary/aromatic N) is 2. The molecular formula is C17H12FN3O3S2. The molecule has 0 unspecified atom stereocenters. The molecule has 0 radical (unpaired) electrons. The largest absolute Gasteiger partial charge is 0.301 e. The van der Waals surface area contributed by atoms with Gasteiger partial charge >= 0.3 is 0 Å². The zero-order valence-corrected chi connectivity index (χ0v) is 14.8. The zero-order valence-electron chi connectivity index (χ0n) is 13.2. The van der Waals surface area contributed by atoms with Gasteiger partial charge in [0.25, 0.3) is 5.69 Å². The minimum Gasteiger partial charge on any atom is -0.301 e. The molecule has 0 atom stereocenters. The number of halogens is 1. The second kappa shape index (κ2) is 8.07. The lowest BCUT2D eigenvalue weighted by Crippen LogP contribution is -2.13. The van der Waals surface area contributed by atoms with Crippen LogP contribution in [0.3, 0.4) is 0 Å². The minimum atomic E-state index is -0.470. The summed E-state index contributed by atoms with van der Waals surface area (Å²) >= 11 is 2.56. The van der Waals surface area contributed by atoms with Crippen LogP contribution in [0.15, 0.2) is 58.8 Å². The van der Waals surface area contributed by atoms with E-state index < -0.39 is 4.92 Å². The highest BCUT2D eigenvalue weighted by Crippen LogP contribution is 2.26. The third-order valence-electron chi connectivity index (χ3n) is 3.31. The van der Waals surface area contributed by atoms with E-state index in [1.165, 1.54) is 47.4 Å². The molecule has 3 aromatic rings. The van der Waals surface area contributed by atoms with E-state index in [4.69, 9.17) is 0 Å². The summed E-state index contributed by atoms with van der Waals surface area (Å²) in [5, 5.41) is 15.6. The van der Waals surface area contributed by atoms with Crippen LogP contribution in [0.2, 0.25) is 0 Å². The average molecular weight is 389 g/mol. The van der Waals surface area contributed by atoms with Crippen molar-refractivity contribution in [2.75, 3.05) is 11.1 Å². The van der Waals surface area contributed by atoms with Gasteiger partial charge in [0.15, 0.2) is 5.13 Å². The van der Waals surface area contributed by atoms with Crippen molar-refractivity contribution in [2.45, 2.75) is 4.90 Å². The summed E-state index contributed by atoms with van der Waals surface area (Å²) in [4.78, 5) is 27.2. The number of nitro groups is 1. The van der Waals surface area contributed by atoms with Crippen molar-refractivity contribution in [2.24, 2.45) is 0 Å². The Morgan fingerprint density at radius 2 is 1.88 bits per heavy atom. The Balaban J connectivity index is 1.55. The highest BCUT2D eigenvalue weighted by Gasteiger charge is 2.10. The Bertz CT molecular complexity index is 927. The Labute approximate surface area is 156 Å². The number of thiazole rings is 1. The summed E-state index contributed by atoms with van der Waals surface area (Å²) < 4.78 is 13.0. The standard InChI is InChI=1S/C17H12FN3O3S2/c18-12-3-1-11(2-4-12)15-9-26-17(19-15)20-16(22)10-25-14-7-5-13(6-8-14)21(23)24/h1-9H,10H2,(H,19,20,22). The molecular weight excluding hydrogens is 377 g/mol. The van der Waals surface area contributed by atoms with Crippen LogP contribution >= 0.6 is 23.1 Å². The molecule has 0 fully saturated rings. The average Bonchev–Trinajstić information content (AvgIpc) is 3.09. The number of rotatable bonds is 6. The molecule has 0 aliphatic heterocycles. The topological polar surface area (TPSA) is 85.1 Å². The van der Waals surface area contributed by atoms with E-state index in [1.54, 1.807) is 29.6 Å². The van der Waals surface area contributed by atoms with Crippen molar-refractivity contribution in [3.8, 4) is 11.3 Å². The van der Waals surface area contributed by atoms with E-state index in [2.05, 4.69) is 10.3 Å². The normalized spacial score (nSPS) is 10.5. The van der Waals surface area contributed by atoms with Crippen molar-refractivity contribution in [1.29, 1.82) is 0 Å². The fourth-order valence-electron chi connectivity index (χ4n) is 2.05. The zero-order chi connectivity index (χ0) is 18.5. The molecule has 132 valence electrons. The number of amides is 1. The van der Waals surface area contributed by atoms with Crippen molar-refractivity contribution in [1.82, 2.24) is 4.98 Å². The number of carbonyl (C=O) groups excluding carboxylic acids is 1. The Hall–Kier alpha value is -2.78. The number of thioether (sulfide) groups is 1. The molecule has 3 rings (SSSR count). The number of aromatic nitrogens is 1. The number of nitro benzene ring substituents is 1. The van der Waals surface area contributed by atoms with E-state index in [0.717, 1.165) is 10.5 Å². The summed E-state index contributed by atoms with van der Waals surface area (Å²) in [6.07, 6.45) is 0. The van der Waals surface area contributed by atoms with E-state index in [9.17, 15) is 19.3 Å². The summed E-state index contributed by atoms with van der Waals surface area (Å²) in [6, 6.07) is 12.0. The van der Waals surface area contributed by atoms with Crippen LogP contribution in [0.1, 0.15) is 0 Å². The van der Waals surface area contributed by atoms with Gasteiger partial charge in [-0.05, 0) is 36.4 Å². The smallest absolute Gasteiger partial charge is 0.269 e. The SMILES string of the molecule is O=C(CSc1ccc([N+](=O)[O-])cc1)Nc1nc(-c2ccc(F)cc2)cs1. The first kappa shape index (κ1) is 18.0. The van der Waals surface area contributed by atoms with Gasteiger partial charge < -0.3 is 5.32 Å². The molecule has 0 aliphatic carbocycles. The number of nitrogens with one attached hydrogen (secondary N) is 1. The number of hydrogen-bond acceptors (Lipinski definition) is 6. The summed E-state index contributed by atoms with van der Waals surface area (Å²) in [5.74, 6) is -0.391. The van der Waals surface area contributed by atoms with Gasteiger partial charge in [0.05, 0.1) is 16.4 Å². The van der Waals surface area contributed by atoms with E-state index in [-0.39, 0.29) is 23.2 Å². The van der Waals surface area contributed by atoms with Gasteiger partial charge in [0.1, 0.15) is 5.82 Å². The lowest BCUT2D eigenvalue weighted by Gasteiger charge is -2.02. The number of benzene rings is 2. The molecule has 26 heavy (non-hydrogen) atoms. The predicted molar refractivity (Wildman–Crippen MR) is 100.0 cm³/mol. The fourth-order valence-corrected chi connectivity index (χ4v) is 3.49.